The van der Waals surface area contributed by atoms with Crippen molar-refractivity contribution in [3.63, 3.8) is 0 Å². The maximum atomic E-state index is 5.78. The summed E-state index contributed by atoms with van der Waals surface area (Å²) >= 11 is 5.78. The van der Waals surface area contributed by atoms with Gasteiger partial charge in [-0.05, 0) is 13.3 Å². The second kappa shape index (κ2) is 4.47. The minimum Gasteiger partial charge on any atom is -0.275 e. The van der Waals surface area contributed by atoms with Crippen LogP contribution in [0.25, 0.3) is 6.08 Å². The van der Waals surface area contributed by atoms with Crippen LogP contribution < -0.4 is 0 Å². The van der Waals surface area contributed by atoms with E-state index in [0.29, 0.717) is 5.88 Å². The molecule has 0 amide bonds. The molecule has 1 aromatic heterocycles. The zero-order valence-electron chi connectivity index (χ0n) is 8.34. The molecule has 0 unspecified atom stereocenters. The normalized spacial score (nSPS) is 12.2. The van der Waals surface area contributed by atoms with Gasteiger partial charge in [0.05, 0.1) is 5.69 Å². The van der Waals surface area contributed by atoms with Crippen LogP contribution in [0, 0.1) is 6.92 Å². The van der Waals surface area contributed by atoms with Crippen LogP contribution in [-0.4, -0.2) is 15.7 Å². The summed E-state index contributed by atoms with van der Waals surface area (Å²) in [5.41, 5.74) is 3.47. The molecule has 0 bridgehead atoms. The first-order chi connectivity index (χ1) is 6.17. The van der Waals surface area contributed by atoms with Crippen LogP contribution in [0.5, 0.6) is 0 Å². The summed E-state index contributed by atoms with van der Waals surface area (Å²) < 4.78 is 1.82. The molecule has 1 heterocycles. The highest BCUT2D eigenvalue weighted by Gasteiger charge is 2.00. The van der Waals surface area contributed by atoms with Gasteiger partial charge in [-0.25, -0.2) is 0 Å². The summed E-state index contributed by atoms with van der Waals surface area (Å²) in [6.07, 6.45) is 5.13. The summed E-state index contributed by atoms with van der Waals surface area (Å²) in [6.45, 7) is 4.12. The Kier molecular flexibility index (Phi) is 3.55. The highest BCUT2D eigenvalue weighted by molar-refractivity contribution is 6.19. The van der Waals surface area contributed by atoms with Gasteiger partial charge in [0.25, 0.3) is 0 Å². The number of hydrogen-bond acceptors (Lipinski definition) is 1. The number of allylic oxidation sites excluding steroid dienone is 1. The van der Waals surface area contributed by atoms with Crippen molar-refractivity contribution in [3.05, 3.63) is 23.0 Å². The second-order valence-corrected chi connectivity index (χ2v) is 3.40. The van der Waals surface area contributed by atoms with Crippen LogP contribution in [0.1, 0.15) is 24.6 Å². The molecular formula is C10H15ClN2. The highest BCUT2D eigenvalue weighted by atomic mass is 35.5. The van der Waals surface area contributed by atoms with Gasteiger partial charge in [0.15, 0.2) is 0 Å². The summed E-state index contributed by atoms with van der Waals surface area (Å²) in [4.78, 5) is 0. The summed E-state index contributed by atoms with van der Waals surface area (Å²) in [5.74, 6) is 0.602. The molecule has 0 aliphatic heterocycles. The molecular weight excluding hydrogens is 184 g/mol. The zero-order chi connectivity index (χ0) is 9.84. The van der Waals surface area contributed by atoms with E-state index in [1.54, 1.807) is 0 Å². The number of aromatic nitrogens is 2. The van der Waals surface area contributed by atoms with Crippen LogP contribution in [0.4, 0.5) is 0 Å². The number of nitrogens with zero attached hydrogens (tertiary/aromatic N) is 2. The Morgan fingerprint density at radius 2 is 2.38 bits per heavy atom. The topological polar surface area (TPSA) is 17.8 Å². The van der Waals surface area contributed by atoms with Crippen LogP contribution in [0.3, 0.4) is 0 Å². The Morgan fingerprint density at radius 3 is 2.77 bits per heavy atom. The molecule has 0 saturated carbocycles. The van der Waals surface area contributed by atoms with E-state index in [9.17, 15) is 0 Å². The third kappa shape index (κ3) is 2.59. The molecule has 72 valence electrons. The lowest BCUT2D eigenvalue weighted by Gasteiger charge is -1.96. The fourth-order valence-corrected chi connectivity index (χ4v) is 1.48. The summed E-state index contributed by atoms with van der Waals surface area (Å²) in [6, 6.07) is 0. The summed E-state index contributed by atoms with van der Waals surface area (Å²) in [7, 11) is 1.93. The number of alkyl halides is 1. The lowest BCUT2D eigenvalue weighted by Crippen LogP contribution is -1.86. The van der Waals surface area contributed by atoms with E-state index < -0.39 is 0 Å². The molecule has 0 aliphatic carbocycles. The van der Waals surface area contributed by atoms with Gasteiger partial charge in [0.1, 0.15) is 0 Å². The van der Waals surface area contributed by atoms with E-state index in [-0.39, 0.29) is 0 Å². The van der Waals surface area contributed by atoms with Crippen molar-refractivity contribution in [2.45, 2.75) is 20.3 Å². The molecule has 0 aromatic carbocycles. The van der Waals surface area contributed by atoms with E-state index in [2.05, 4.69) is 18.1 Å². The van der Waals surface area contributed by atoms with Gasteiger partial charge >= 0.3 is 0 Å². The maximum Gasteiger partial charge on any atom is 0.0665 e. The molecule has 0 aliphatic rings. The van der Waals surface area contributed by atoms with E-state index in [4.69, 9.17) is 11.6 Å². The predicted molar refractivity (Wildman–Crippen MR) is 56.9 cm³/mol. The first-order valence-corrected chi connectivity index (χ1v) is 4.96. The number of hydrogen-bond donors (Lipinski definition) is 0. The first-order valence-electron chi connectivity index (χ1n) is 4.43. The molecule has 13 heavy (non-hydrogen) atoms. The van der Waals surface area contributed by atoms with Crippen molar-refractivity contribution in [2.24, 2.45) is 7.05 Å². The Hall–Kier alpha value is -0.760. The SMILES string of the molecule is CCC(=Cc1cn(C)nc1C)CCl. The smallest absolute Gasteiger partial charge is 0.0665 e. The van der Waals surface area contributed by atoms with Gasteiger partial charge in [-0.1, -0.05) is 18.6 Å². The largest absolute Gasteiger partial charge is 0.275 e. The zero-order valence-corrected chi connectivity index (χ0v) is 9.10. The number of rotatable bonds is 3. The van der Waals surface area contributed by atoms with Gasteiger partial charge in [-0.3, -0.25) is 4.68 Å². The number of halogens is 1. The van der Waals surface area contributed by atoms with Crippen molar-refractivity contribution in [3.8, 4) is 0 Å². The molecule has 0 atom stereocenters. The monoisotopic (exact) mass is 198 g/mol. The first kappa shape index (κ1) is 10.3. The molecule has 1 rings (SSSR count). The molecule has 0 saturated heterocycles. The second-order valence-electron chi connectivity index (χ2n) is 3.13. The lowest BCUT2D eigenvalue weighted by atomic mass is 10.1. The third-order valence-corrected chi connectivity index (χ3v) is 2.38. The molecule has 0 spiro atoms. The van der Waals surface area contributed by atoms with Crippen molar-refractivity contribution >= 4 is 17.7 Å². The minimum absolute atomic E-state index is 0.602. The summed E-state index contributed by atoms with van der Waals surface area (Å²) in [5, 5.41) is 4.26. The Morgan fingerprint density at radius 1 is 1.69 bits per heavy atom. The quantitative estimate of drug-likeness (QED) is 0.683. The van der Waals surface area contributed by atoms with Crippen LogP contribution in [0.15, 0.2) is 11.8 Å². The van der Waals surface area contributed by atoms with E-state index in [1.807, 2.05) is 24.9 Å². The molecule has 0 N–H and O–H groups in total. The van der Waals surface area contributed by atoms with E-state index in [0.717, 1.165) is 12.1 Å². The van der Waals surface area contributed by atoms with Gasteiger partial charge in [-0.15, -0.1) is 11.6 Å². The van der Waals surface area contributed by atoms with E-state index in [1.165, 1.54) is 11.1 Å². The lowest BCUT2D eigenvalue weighted by molar-refractivity contribution is 0.756. The number of aryl methyl sites for hydroxylation is 2. The average Bonchev–Trinajstić information content (AvgIpc) is 2.41. The van der Waals surface area contributed by atoms with Crippen LogP contribution in [0.2, 0.25) is 0 Å². The Labute approximate surface area is 84.2 Å². The fourth-order valence-electron chi connectivity index (χ4n) is 1.21. The average molecular weight is 199 g/mol. The van der Waals surface area contributed by atoms with Crippen molar-refractivity contribution in [1.82, 2.24) is 9.78 Å². The fraction of sp³-hybridized carbons (Fsp3) is 0.500. The Bertz CT molecular complexity index is 307. The van der Waals surface area contributed by atoms with Gasteiger partial charge in [0, 0.05) is 24.7 Å². The molecule has 2 nitrogen and oxygen atoms in total. The minimum atomic E-state index is 0.602. The van der Waals surface area contributed by atoms with Gasteiger partial charge in [-0.2, -0.15) is 5.10 Å². The maximum absolute atomic E-state index is 5.78. The molecule has 0 fully saturated rings. The van der Waals surface area contributed by atoms with E-state index >= 15 is 0 Å². The van der Waals surface area contributed by atoms with Crippen LogP contribution >= 0.6 is 11.6 Å². The predicted octanol–water partition coefficient (Wildman–Crippen LogP) is 2.76. The molecule has 1 aromatic rings. The van der Waals surface area contributed by atoms with Crippen molar-refractivity contribution in [2.75, 3.05) is 5.88 Å². The van der Waals surface area contributed by atoms with Gasteiger partial charge < -0.3 is 0 Å². The molecule has 0 radical (unpaired) electrons. The third-order valence-electron chi connectivity index (χ3n) is 2.04. The highest BCUT2D eigenvalue weighted by Crippen LogP contribution is 2.13. The van der Waals surface area contributed by atoms with Crippen LogP contribution in [-0.2, 0) is 7.05 Å². The Balaban J connectivity index is 2.95. The van der Waals surface area contributed by atoms with Gasteiger partial charge in [0.2, 0.25) is 0 Å². The standard InChI is InChI=1S/C10H15ClN2/c1-4-9(6-11)5-10-7-13(3)12-8(10)2/h5,7H,4,6H2,1-3H3. The molecule has 3 heteroatoms. The van der Waals surface area contributed by atoms with Crippen molar-refractivity contribution < 1.29 is 0 Å². The van der Waals surface area contributed by atoms with Crippen molar-refractivity contribution in [1.29, 1.82) is 0 Å².